The molecule has 0 N–H and O–H groups in total. The SMILES string of the molecule is Cc1cc(Br)c(Cl)c(Oc2ccc(-c3ccccc3)cc2)c1. The molecule has 0 atom stereocenters. The third-order valence-electron chi connectivity index (χ3n) is 3.33. The summed E-state index contributed by atoms with van der Waals surface area (Å²) in [7, 11) is 0. The zero-order valence-electron chi connectivity index (χ0n) is 12.0. The first kappa shape index (κ1) is 15.1. The summed E-state index contributed by atoms with van der Waals surface area (Å²) >= 11 is 9.71. The molecule has 0 saturated heterocycles. The molecule has 110 valence electrons. The highest BCUT2D eigenvalue weighted by atomic mass is 79.9. The van der Waals surface area contributed by atoms with E-state index in [0.717, 1.165) is 21.3 Å². The van der Waals surface area contributed by atoms with Crippen LogP contribution in [0.2, 0.25) is 5.02 Å². The van der Waals surface area contributed by atoms with Gasteiger partial charge in [-0.05, 0) is 63.8 Å². The second kappa shape index (κ2) is 6.55. The van der Waals surface area contributed by atoms with Gasteiger partial charge in [0.2, 0.25) is 0 Å². The molecule has 0 amide bonds. The topological polar surface area (TPSA) is 9.23 Å². The van der Waals surface area contributed by atoms with Crippen molar-refractivity contribution in [1.82, 2.24) is 0 Å². The molecule has 0 aliphatic carbocycles. The van der Waals surface area contributed by atoms with Crippen LogP contribution in [-0.4, -0.2) is 0 Å². The van der Waals surface area contributed by atoms with Crippen molar-refractivity contribution in [3.8, 4) is 22.6 Å². The lowest BCUT2D eigenvalue weighted by molar-refractivity contribution is 0.482. The second-order valence-electron chi connectivity index (χ2n) is 5.05. The number of aryl methyl sites for hydroxylation is 1. The Kier molecular flexibility index (Phi) is 4.51. The summed E-state index contributed by atoms with van der Waals surface area (Å²) in [5.74, 6) is 1.42. The van der Waals surface area contributed by atoms with Gasteiger partial charge in [-0.15, -0.1) is 0 Å². The van der Waals surface area contributed by atoms with Crippen LogP contribution in [0.5, 0.6) is 11.5 Å². The lowest BCUT2D eigenvalue weighted by atomic mass is 10.1. The van der Waals surface area contributed by atoms with E-state index in [9.17, 15) is 0 Å². The molecule has 0 bridgehead atoms. The van der Waals surface area contributed by atoms with Crippen molar-refractivity contribution in [2.45, 2.75) is 6.92 Å². The summed E-state index contributed by atoms with van der Waals surface area (Å²) in [6, 6.07) is 22.1. The van der Waals surface area contributed by atoms with E-state index in [4.69, 9.17) is 16.3 Å². The van der Waals surface area contributed by atoms with Crippen LogP contribution in [-0.2, 0) is 0 Å². The first-order valence-electron chi connectivity index (χ1n) is 6.92. The zero-order valence-corrected chi connectivity index (χ0v) is 14.4. The van der Waals surface area contributed by atoms with Crippen LogP contribution in [0, 0.1) is 6.92 Å². The molecule has 0 fully saturated rings. The quantitative estimate of drug-likeness (QED) is 0.486. The summed E-state index contributed by atoms with van der Waals surface area (Å²) in [6.45, 7) is 2.01. The number of hydrogen-bond acceptors (Lipinski definition) is 1. The summed E-state index contributed by atoms with van der Waals surface area (Å²) in [5.41, 5.74) is 3.43. The Hall–Kier alpha value is -1.77. The number of halogens is 2. The van der Waals surface area contributed by atoms with Crippen molar-refractivity contribution < 1.29 is 4.74 Å². The Morgan fingerprint density at radius 1 is 0.864 bits per heavy atom. The van der Waals surface area contributed by atoms with Crippen molar-refractivity contribution in [1.29, 1.82) is 0 Å². The van der Waals surface area contributed by atoms with Gasteiger partial charge in [0, 0.05) is 4.47 Å². The molecule has 0 unspecified atom stereocenters. The highest BCUT2D eigenvalue weighted by molar-refractivity contribution is 9.10. The Bertz CT molecular complexity index is 783. The highest BCUT2D eigenvalue weighted by Crippen LogP contribution is 2.36. The standard InChI is InChI=1S/C19H14BrClO/c1-13-11-17(20)19(21)18(12-13)22-16-9-7-15(8-10-16)14-5-3-2-4-6-14/h2-12H,1H3. The molecule has 0 heterocycles. The fourth-order valence-corrected chi connectivity index (χ4v) is 2.94. The van der Waals surface area contributed by atoms with Gasteiger partial charge in [-0.3, -0.25) is 0 Å². The maximum absolute atomic E-state index is 6.27. The Balaban J connectivity index is 1.86. The second-order valence-corrected chi connectivity index (χ2v) is 6.28. The van der Waals surface area contributed by atoms with Gasteiger partial charge in [0.25, 0.3) is 0 Å². The lowest BCUT2D eigenvalue weighted by Crippen LogP contribution is -1.88. The van der Waals surface area contributed by atoms with Gasteiger partial charge < -0.3 is 4.74 Å². The van der Waals surface area contributed by atoms with E-state index >= 15 is 0 Å². The molecule has 0 aliphatic heterocycles. The van der Waals surface area contributed by atoms with E-state index in [-0.39, 0.29) is 0 Å². The van der Waals surface area contributed by atoms with Gasteiger partial charge in [-0.1, -0.05) is 54.1 Å². The summed E-state index contributed by atoms with van der Waals surface area (Å²) in [6.07, 6.45) is 0. The van der Waals surface area contributed by atoms with Gasteiger partial charge in [0.05, 0.1) is 5.02 Å². The average Bonchev–Trinajstić information content (AvgIpc) is 2.54. The molecule has 1 nitrogen and oxygen atoms in total. The Morgan fingerprint density at radius 3 is 2.18 bits per heavy atom. The van der Waals surface area contributed by atoms with Crippen molar-refractivity contribution >= 4 is 27.5 Å². The van der Waals surface area contributed by atoms with E-state index < -0.39 is 0 Å². The number of rotatable bonds is 3. The fraction of sp³-hybridized carbons (Fsp3) is 0.0526. The minimum Gasteiger partial charge on any atom is -0.456 e. The molecule has 0 saturated carbocycles. The minimum atomic E-state index is 0.581. The first-order chi connectivity index (χ1) is 10.6. The summed E-state index contributed by atoms with van der Waals surface area (Å²) in [4.78, 5) is 0. The van der Waals surface area contributed by atoms with E-state index in [1.165, 1.54) is 5.56 Å². The monoisotopic (exact) mass is 372 g/mol. The van der Waals surface area contributed by atoms with Crippen LogP contribution in [0.4, 0.5) is 0 Å². The molecule has 3 aromatic rings. The van der Waals surface area contributed by atoms with E-state index in [2.05, 4.69) is 28.1 Å². The van der Waals surface area contributed by atoms with Crippen molar-refractivity contribution in [3.05, 3.63) is 81.8 Å². The maximum atomic E-state index is 6.27. The molecular weight excluding hydrogens is 360 g/mol. The normalized spacial score (nSPS) is 10.5. The van der Waals surface area contributed by atoms with Gasteiger partial charge in [0.15, 0.2) is 0 Å². The van der Waals surface area contributed by atoms with Crippen molar-refractivity contribution in [2.24, 2.45) is 0 Å². The molecular formula is C19H14BrClO. The van der Waals surface area contributed by atoms with Crippen LogP contribution in [0.3, 0.4) is 0 Å². The van der Waals surface area contributed by atoms with Crippen LogP contribution in [0.15, 0.2) is 71.2 Å². The number of benzene rings is 3. The van der Waals surface area contributed by atoms with E-state index in [1.54, 1.807) is 0 Å². The largest absolute Gasteiger partial charge is 0.456 e. The van der Waals surface area contributed by atoms with E-state index in [0.29, 0.717) is 10.8 Å². The predicted molar refractivity (Wildman–Crippen MR) is 95.8 cm³/mol. The third-order valence-corrected chi connectivity index (χ3v) is 4.57. The number of hydrogen-bond donors (Lipinski definition) is 0. The summed E-state index contributed by atoms with van der Waals surface area (Å²) in [5, 5.41) is 0.581. The van der Waals surface area contributed by atoms with Gasteiger partial charge >= 0.3 is 0 Å². The first-order valence-corrected chi connectivity index (χ1v) is 8.09. The van der Waals surface area contributed by atoms with Gasteiger partial charge in [0.1, 0.15) is 11.5 Å². The average molecular weight is 374 g/mol. The van der Waals surface area contributed by atoms with E-state index in [1.807, 2.05) is 61.5 Å². The molecule has 0 aromatic heterocycles. The van der Waals surface area contributed by atoms with Crippen LogP contribution >= 0.6 is 27.5 Å². The fourth-order valence-electron chi connectivity index (χ4n) is 2.24. The molecule has 3 rings (SSSR count). The molecule has 0 aliphatic rings. The Morgan fingerprint density at radius 2 is 1.50 bits per heavy atom. The summed E-state index contributed by atoms with van der Waals surface area (Å²) < 4.78 is 6.74. The number of ether oxygens (including phenoxy) is 1. The predicted octanol–water partition coefficient (Wildman–Crippen LogP) is 6.87. The minimum absolute atomic E-state index is 0.581. The highest BCUT2D eigenvalue weighted by Gasteiger charge is 2.08. The van der Waals surface area contributed by atoms with Crippen LogP contribution in [0.25, 0.3) is 11.1 Å². The lowest BCUT2D eigenvalue weighted by Gasteiger charge is -2.10. The Labute approximate surface area is 143 Å². The van der Waals surface area contributed by atoms with Gasteiger partial charge in [-0.2, -0.15) is 0 Å². The smallest absolute Gasteiger partial charge is 0.147 e. The van der Waals surface area contributed by atoms with Crippen LogP contribution in [0.1, 0.15) is 5.56 Å². The maximum Gasteiger partial charge on any atom is 0.147 e. The van der Waals surface area contributed by atoms with Crippen LogP contribution < -0.4 is 4.74 Å². The van der Waals surface area contributed by atoms with Crippen molar-refractivity contribution in [3.63, 3.8) is 0 Å². The molecule has 0 spiro atoms. The zero-order chi connectivity index (χ0) is 15.5. The van der Waals surface area contributed by atoms with Gasteiger partial charge in [-0.25, -0.2) is 0 Å². The van der Waals surface area contributed by atoms with Crippen molar-refractivity contribution in [2.75, 3.05) is 0 Å². The molecule has 22 heavy (non-hydrogen) atoms. The molecule has 0 radical (unpaired) electrons. The molecule has 3 aromatic carbocycles. The molecule has 3 heteroatoms. The third kappa shape index (κ3) is 3.34.